The third-order valence-electron chi connectivity index (χ3n) is 20.4. The number of hydrogen-bond donors (Lipinski definition) is 0. The fourth-order valence-electron chi connectivity index (χ4n) is 16.8. The Morgan fingerprint density at radius 1 is 0.0795 bits per heavy atom. The van der Waals surface area contributed by atoms with Crippen LogP contribution < -0.4 is 0 Å². The predicted octanol–water partition coefficient (Wildman–Crippen LogP) is 25.3. The molecule has 0 saturated heterocycles. The van der Waals surface area contributed by atoms with Crippen molar-refractivity contribution in [1.29, 1.82) is 0 Å². The van der Waals surface area contributed by atoms with Crippen molar-refractivity contribution >= 4 is 215 Å². The van der Waals surface area contributed by atoms with Gasteiger partial charge >= 0.3 is 0 Å². The van der Waals surface area contributed by atoms with Crippen LogP contribution in [-0.4, -0.2) is 0 Å². The molecule has 0 aliphatic heterocycles. The van der Waals surface area contributed by atoms with Crippen molar-refractivity contribution in [2.45, 2.75) is 0 Å². The molecule has 0 N–H and O–H groups in total. The first-order valence-corrected chi connectivity index (χ1v) is 30.9. The quantitative estimate of drug-likeness (QED) is 0.105. The molecule has 24 rings (SSSR count). The molecule has 0 aliphatic rings. The van der Waals surface area contributed by atoms with Gasteiger partial charge in [-0.1, -0.05) is 243 Å². The average molecular weight is 1110 g/mol. The maximum Gasteiger partial charge on any atom is -0.00141 e. The highest BCUT2D eigenvalue weighted by Gasteiger charge is 2.20. The predicted molar refractivity (Wildman–Crippen MR) is 385 cm³/mol. The smallest absolute Gasteiger partial charge is 0.00141 e. The lowest BCUT2D eigenvalue weighted by Gasteiger charge is -2.16. The summed E-state index contributed by atoms with van der Waals surface area (Å²) in [4.78, 5) is 0. The van der Waals surface area contributed by atoms with Gasteiger partial charge in [-0.05, 0) is 264 Å². The van der Waals surface area contributed by atoms with Gasteiger partial charge < -0.3 is 0 Å². The average Bonchev–Trinajstić information content (AvgIpc) is 0.966. The van der Waals surface area contributed by atoms with E-state index in [1.54, 1.807) is 0 Å². The van der Waals surface area contributed by atoms with Gasteiger partial charge in [-0.15, -0.1) is 0 Å². The van der Waals surface area contributed by atoms with Crippen molar-refractivity contribution in [3.8, 4) is 0 Å². The second kappa shape index (κ2) is 17.1. The van der Waals surface area contributed by atoms with Crippen molar-refractivity contribution in [1.82, 2.24) is 0 Å². The summed E-state index contributed by atoms with van der Waals surface area (Å²) >= 11 is 0. The topological polar surface area (TPSA) is 0 Å². The fourth-order valence-corrected chi connectivity index (χ4v) is 16.8. The summed E-state index contributed by atoms with van der Waals surface area (Å²) in [6.45, 7) is 0. The highest BCUT2D eigenvalue weighted by molar-refractivity contribution is 6.40. The van der Waals surface area contributed by atoms with Crippen LogP contribution in [0.15, 0.2) is 291 Å². The van der Waals surface area contributed by atoms with Gasteiger partial charge in [-0.3, -0.25) is 0 Å². The van der Waals surface area contributed by atoms with E-state index in [0.29, 0.717) is 0 Å². The van der Waals surface area contributed by atoms with Crippen molar-refractivity contribution in [3.63, 3.8) is 0 Å². The Balaban J connectivity index is 0.0000000803. The second-order valence-corrected chi connectivity index (χ2v) is 25.0. The van der Waals surface area contributed by atoms with E-state index in [4.69, 9.17) is 0 Å². The lowest BCUT2D eigenvalue weighted by molar-refractivity contribution is 1.79. The van der Waals surface area contributed by atoms with Gasteiger partial charge in [0.2, 0.25) is 0 Å². The van der Waals surface area contributed by atoms with Crippen LogP contribution in [0.2, 0.25) is 0 Å². The molecule has 0 heteroatoms. The zero-order valence-corrected chi connectivity index (χ0v) is 47.7. The van der Waals surface area contributed by atoms with Crippen LogP contribution in [0, 0.1) is 0 Å². The van der Waals surface area contributed by atoms with E-state index in [2.05, 4.69) is 291 Å². The monoisotopic (exact) mass is 1100 g/mol. The van der Waals surface area contributed by atoms with E-state index in [-0.39, 0.29) is 0 Å². The number of hydrogen-bond acceptors (Lipinski definition) is 0. The van der Waals surface area contributed by atoms with E-state index in [1.807, 2.05) is 0 Å². The molecular formula is C88H48. The molecule has 0 aliphatic carbocycles. The third-order valence-corrected chi connectivity index (χ3v) is 20.4. The molecule has 0 radical (unpaired) electrons. The molecule has 0 fully saturated rings. The Morgan fingerprint density at radius 3 is 0.295 bits per heavy atom. The van der Waals surface area contributed by atoms with E-state index in [0.717, 1.165) is 0 Å². The summed E-state index contributed by atoms with van der Waals surface area (Å²) in [6, 6.07) is 108. The zero-order valence-electron chi connectivity index (χ0n) is 47.7. The summed E-state index contributed by atoms with van der Waals surface area (Å²) < 4.78 is 0. The Bertz CT molecular complexity index is 5650. The van der Waals surface area contributed by atoms with Gasteiger partial charge in [0.05, 0.1) is 0 Å². The van der Waals surface area contributed by atoms with Crippen LogP contribution in [0.1, 0.15) is 0 Å². The van der Waals surface area contributed by atoms with E-state index >= 15 is 0 Å². The minimum Gasteiger partial charge on any atom is -0.0610 e. The minimum atomic E-state index is 1.34. The minimum absolute atomic E-state index is 1.34. The van der Waals surface area contributed by atoms with Gasteiger partial charge in [-0.2, -0.15) is 0 Å². The summed E-state index contributed by atoms with van der Waals surface area (Å²) in [5, 5.41) is 54.9. The Kier molecular flexibility index (Phi) is 9.13. The Labute approximate surface area is 503 Å². The molecule has 0 bridgehead atoms. The van der Waals surface area contributed by atoms with Crippen LogP contribution in [0.4, 0.5) is 0 Å². The molecule has 24 aromatic carbocycles. The molecule has 0 spiro atoms. The van der Waals surface area contributed by atoms with Crippen molar-refractivity contribution < 1.29 is 0 Å². The summed E-state index contributed by atoms with van der Waals surface area (Å²) in [5.41, 5.74) is 0. The van der Waals surface area contributed by atoms with E-state index < -0.39 is 0 Å². The third kappa shape index (κ3) is 6.32. The summed E-state index contributed by atoms with van der Waals surface area (Å²) in [6.07, 6.45) is 0. The van der Waals surface area contributed by atoms with Crippen LogP contribution >= 0.6 is 0 Å². The van der Waals surface area contributed by atoms with Crippen LogP contribution in [0.5, 0.6) is 0 Å². The largest absolute Gasteiger partial charge is 0.0610 e. The Hall–Kier alpha value is -11.4. The van der Waals surface area contributed by atoms with Crippen molar-refractivity contribution in [2.24, 2.45) is 0 Å². The zero-order chi connectivity index (χ0) is 57.0. The SMILES string of the molecule is c1cc2ccc3cc4cccc5ccc6cc(c1)c2c3c6c54.c1cc2ccc3cc4cccc5ccc6cc(c1)c2c3c6c54.c1cc2ccc3cc4cccc5ccc6cc(c1)c2c3c6c54.c1cc2ccc3cc4cccc5ccc6cc(c1)c2c3c6c54. The van der Waals surface area contributed by atoms with Gasteiger partial charge in [0, 0.05) is 0 Å². The molecule has 0 aromatic heterocycles. The van der Waals surface area contributed by atoms with Gasteiger partial charge in [0.1, 0.15) is 0 Å². The Morgan fingerprint density at radius 2 is 0.170 bits per heavy atom. The highest BCUT2D eigenvalue weighted by Crippen LogP contribution is 2.48. The molecule has 0 heterocycles. The number of benzene rings is 24. The first-order chi connectivity index (χ1) is 43.6. The van der Waals surface area contributed by atoms with Crippen molar-refractivity contribution in [2.75, 3.05) is 0 Å². The van der Waals surface area contributed by atoms with Crippen molar-refractivity contribution in [3.05, 3.63) is 291 Å². The highest BCUT2D eigenvalue weighted by atomic mass is 14.2. The molecular weight excluding hydrogens is 1060 g/mol. The van der Waals surface area contributed by atoms with E-state index in [1.165, 1.54) is 215 Å². The molecule has 0 saturated carbocycles. The molecule has 88 heavy (non-hydrogen) atoms. The molecule has 0 atom stereocenters. The van der Waals surface area contributed by atoms with Gasteiger partial charge in [0.15, 0.2) is 0 Å². The van der Waals surface area contributed by atoms with Crippen LogP contribution in [-0.2, 0) is 0 Å². The maximum atomic E-state index is 2.34. The summed E-state index contributed by atoms with van der Waals surface area (Å²) in [7, 11) is 0. The molecule has 0 amide bonds. The van der Waals surface area contributed by atoms with E-state index in [9.17, 15) is 0 Å². The maximum absolute atomic E-state index is 2.34. The second-order valence-electron chi connectivity index (χ2n) is 25.0. The first-order valence-electron chi connectivity index (χ1n) is 30.9. The molecule has 0 nitrogen and oxygen atoms in total. The van der Waals surface area contributed by atoms with Gasteiger partial charge in [-0.25, -0.2) is 0 Å². The lowest BCUT2D eigenvalue weighted by Crippen LogP contribution is -1.88. The lowest BCUT2D eigenvalue weighted by atomic mass is 9.87. The van der Waals surface area contributed by atoms with Crippen LogP contribution in [0.25, 0.3) is 215 Å². The molecule has 24 aromatic rings. The molecule has 0 unspecified atom stereocenters. The van der Waals surface area contributed by atoms with Gasteiger partial charge in [0.25, 0.3) is 0 Å². The first kappa shape index (κ1) is 46.9. The number of rotatable bonds is 0. The molecule has 400 valence electrons. The van der Waals surface area contributed by atoms with Crippen LogP contribution in [0.3, 0.4) is 0 Å². The standard InChI is InChI=1S/4C22H12/c4*1-3-13-7-9-18-12-16-6-2-4-14-8-10-17-11-15(5-1)19(13)21(18)22(17)20(14)16/h4*1-12H. The fraction of sp³-hybridized carbons (Fsp3) is 0. The summed E-state index contributed by atoms with van der Waals surface area (Å²) in [5.74, 6) is 0. The normalized spacial score (nSPS) is 12.5.